The molecule has 0 bridgehead atoms. The number of nitrogens with one attached hydrogen (secondary N) is 1. The van der Waals surface area contributed by atoms with E-state index in [1.165, 1.54) is 26.7 Å². The molecule has 1 amide bonds. The number of anilines is 1. The molecule has 0 atom stereocenters. The van der Waals surface area contributed by atoms with Crippen LogP contribution in [-0.4, -0.2) is 88.0 Å². The second-order valence-corrected chi connectivity index (χ2v) is 12.4. The van der Waals surface area contributed by atoms with Crippen molar-refractivity contribution in [2.75, 3.05) is 64.4 Å². The summed E-state index contributed by atoms with van der Waals surface area (Å²) >= 11 is 1.71. The Hall–Kier alpha value is -2.73. The summed E-state index contributed by atoms with van der Waals surface area (Å²) in [5.74, 6) is 0.614. The van der Waals surface area contributed by atoms with Gasteiger partial charge in [0.25, 0.3) is 5.91 Å². The smallest absolute Gasteiger partial charge is 0.251 e. The number of nitrogens with zero attached hydrogens (tertiary/aromatic N) is 4. The third kappa shape index (κ3) is 5.45. The van der Waals surface area contributed by atoms with E-state index in [0.29, 0.717) is 25.2 Å². The molecular weight excluding hydrogens is 510 g/mol. The molecule has 198 valence electrons. The molecule has 1 N–H and O–H groups in total. The van der Waals surface area contributed by atoms with E-state index in [-0.39, 0.29) is 10.8 Å². The number of amides is 1. The van der Waals surface area contributed by atoms with Crippen molar-refractivity contribution in [1.29, 1.82) is 0 Å². The van der Waals surface area contributed by atoms with E-state index < -0.39 is 10.0 Å². The summed E-state index contributed by atoms with van der Waals surface area (Å²) in [5, 5.41) is 3.98. The fraction of sp³-hybridized carbons (Fsp3) is 0.462. The Morgan fingerprint density at radius 2 is 1.73 bits per heavy atom. The molecule has 0 saturated carbocycles. The Labute approximate surface area is 222 Å². The van der Waals surface area contributed by atoms with Crippen LogP contribution in [0, 0.1) is 6.92 Å². The van der Waals surface area contributed by atoms with Crippen molar-refractivity contribution in [3.8, 4) is 5.75 Å². The Bertz CT molecular complexity index is 1360. The van der Waals surface area contributed by atoms with E-state index in [9.17, 15) is 13.2 Å². The molecule has 3 heterocycles. The molecule has 2 saturated heterocycles. The molecule has 37 heavy (non-hydrogen) atoms. The predicted molar refractivity (Wildman–Crippen MR) is 146 cm³/mol. The predicted octanol–water partition coefficient (Wildman–Crippen LogP) is 2.95. The number of methoxy groups -OCH3 is 1. The molecule has 0 unspecified atom stereocenters. The number of sulfonamides is 1. The summed E-state index contributed by atoms with van der Waals surface area (Å²) in [6.07, 6.45) is 1.79. The Kier molecular flexibility index (Phi) is 7.66. The van der Waals surface area contributed by atoms with Crippen molar-refractivity contribution in [2.45, 2.75) is 24.7 Å². The highest BCUT2D eigenvalue weighted by Crippen LogP contribution is 2.36. The third-order valence-electron chi connectivity index (χ3n) is 7.09. The van der Waals surface area contributed by atoms with Crippen molar-refractivity contribution in [3.05, 3.63) is 47.5 Å². The lowest BCUT2D eigenvalue weighted by molar-refractivity contribution is 0.0947. The number of carbonyl (C=O) groups is 1. The Balaban J connectivity index is 1.10. The minimum atomic E-state index is -3.47. The molecule has 2 aliphatic rings. The lowest BCUT2D eigenvalue weighted by Crippen LogP contribution is -2.48. The van der Waals surface area contributed by atoms with Crippen LogP contribution in [0.2, 0.25) is 0 Å². The van der Waals surface area contributed by atoms with E-state index in [4.69, 9.17) is 9.72 Å². The van der Waals surface area contributed by atoms with Gasteiger partial charge in [-0.15, -0.1) is 0 Å². The molecule has 0 radical (unpaired) electrons. The number of piperazine rings is 1. The molecular formula is C26H33N5O4S2. The van der Waals surface area contributed by atoms with Gasteiger partial charge in [0.05, 0.1) is 16.7 Å². The minimum absolute atomic E-state index is 0.192. The summed E-state index contributed by atoms with van der Waals surface area (Å²) < 4.78 is 33.5. The highest BCUT2D eigenvalue weighted by Gasteiger charge is 2.27. The van der Waals surface area contributed by atoms with Crippen LogP contribution >= 0.6 is 11.3 Å². The second-order valence-electron chi connectivity index (χ2n) is 9.48. The SMILES string of the molecule is COc1ccc(C)c2sc(N3CCN(CCNC(=O)c4ccc(S(=O)(=O)N5CCCC5)cc4)CC3)nc12. The molecule has 1 aromatic heterocycles. The van der Waals surface area contributed by atoms with Crippen LogP contribution in [-0.2, 0) is 10.0 Å². The van der Waals surface area contributed by atoms with E-state index in [0.717, 1.165) is 62.0 Å². The number of hydrogen-bond acceptors (Lipinski definition) is 8. The Morgan fingerprint density at radius 1 is 1.03 bits per heavy atom. The number of aryl methyl sites for hydroxylation is 1. The summed E-state index contributed by atoms with van der Waals surface area (Å²) in [7, 11) is -1.79. The van der Waals surface area contributed by atoms with Crippen LogP contribution in [0.15, 0.2) is 41.3 Å². The largest absolute Gasteiger partial charge is 0.494 e. The first-order chi connectivity index (χ1) is 17.9. The number of thiazole rings is 1. The topological polar surface area (TPSA) is 95.1 Å². The van der Waals surface area contributed by atoms with E-state index in [1.807, 2.05) is 6.07 Å². The molecule has 3 aromatic rings. The second kappa shape index (κ2) is 10.9. The van der Waals surface area contributed by atoms with E-state index in [2.05, 4.69) is 28.1 Å². The molecule has 2 aromatic carbocycles. The molecule has 11 heteroatoms. The lowest BCUT2D eigenvalue weighted by Gasteiger charge is -2.34. The summed E-state index contributed by atoms with van der Waals surface area (Å²) in [5.41, 5.74) is 2.60. The fourth-order valence-electron chi connectivity index (χ4n) is 4.85. The van der Waals surface area contributed by atoms with Crippen molar-refractivity contribution < 1.29 is 17.9 Å². The van der Waals surface area contributed by atoms with E-state index in [1.54, 1.807) is 30.6 Å². The van der Waals surface area contributed by atoms with Gasteiger partial charge in [0, 0.05) is 57.9 Å². The van der Waals surface area contributed by atoms with Crippen LogP contribution in [0.1, 0.15) is 28.8 Å². The van der Waals surface area contributed by atoms with Crippen molar-refractivity contribution >= 4 is 42.6 Å². The first-order valence-electron chi connectivity index (χ1n) is 12.7. The lowest BCUT2D eigenvalue weighted by atomic mass is 10.2. The number of fused-ring (bicyclic) bond motifs is 1. The molecule has 0 spiro atoms. The fourth-order valence-corrected chi connectivity index (χ4v) is 7.47. The number of aromatic nitrogens is 1. The van der Waals surface area contributed by atoms with Gasteiger partial charge in [-0.2, -0.15) is 4.31 Å². The minimum Gasteiger partial charge on any atom is -0.494 e. The summed E-state index contributed by atoms with van der Waals surface area (Å²) in [4.78, 5) is 22.3. The van der Waals surface area contributed by atoms with Crippen LogP contribution in [0.5, 0.6) is 5.75 Å². The maximum absolute atomic E-state index is 12.7. The Morgan fingerprint density at radius 3 is 2.41 bits per heavy atom. The van der Waals surface area contributed by atoms with E-state index >= 15 is 0 Å². The number of benzene rings is 2. The van der Waals surface area contributed by atoms with Crippen molar-refractivity contribution in [3.63, 3.8) is 0 Å². The zero-order chi connectivity index (χ0) is 26.0. The van der Waals surface area contributed by atoms with Crippen molar-refractivity contribution in [1.82, 2.24) is 19.5 Å². The van der Waals surface area contributed by atoms with Crippen LogP contribution in [0.25, 0.3) is 10.2 Å². The zero-order valence-corrected chi connectivity index (χ0v) is 22.9. The molecule has 2 fully saturated rings. The first-order valence-corrected chi connectivity index (χ1v) is 14.9. The number of hydrogen-bond donors (Lipinski definition) is 1. The van der Waals surface area contributed by atoms with Gasteiger partial charge in [0.1, 0.15) is 11.3 Å². The van der Waals surface area contributed by atoms with Gasteiger partial charge in [0.15, 0.2) is 5.13 Å². The average molecular weight is 544 g/mol. The maximum atomic E-state index is 12.7. The van der Waals surface area contributed by atoms with Gasteiger partial charge >= 0.3 is 0 Å². The van der Waals surface area contributed by atoms with Crippen LogP contribution < -0.4 is 15.0 Å². The third-order valence-corrected chi connectivity index (χ3v) is 10.3. The van der Waals surface area contributed by atoms with Gasteiger partial charge in [-0.1, -0.05) is 17.4 Å². The molecule has 9 nitrogen and oxygen atoms in total. The highest BCUT2D eigenvalue weighted by atomic mass is 32.2. The summed E-state index contributed by atoms with van der Waals surface area (Å²) in [6, 6.07) is 10.3. The highest BCUT2D eigenvalue weighted by molar-refractivity contribution is 7.89. The zero-order valence-electron chi connectivity index (χ0n) is 21.3. The molecule has 2 aliphatic heterocycles. The monoisotopic (exact) mass is 543 g/mol. The van der Waals surface area contributed by atoms with Gasteiger partial charge in [-0.3, -0.25) is 9.69 Å². The van der Waals surface area contributed by atoms with Gasteiger partial charge in [0.2, 0.25) is 10.0 Å². The first kappa shape index (κ1) is 25.9. The average Bonchev–Trinajstić information content (AvgIpc) is 3.61. The van der Waals surface area contributed by atoms with Crippen molar-refractivity contribution in [2.24, 2.45) is 0 Å². The van der Waals surface area contributed by atoms with Gasteiger partial charge < -0.3 is 15.0 Å². The quantitative estimate of drug-likeness (QED) is 0.467. The number of ether oxygens (including phenoxy) is 1. The van der Waals surface area contributed by atoms with Crippen LogP contribution in [0.3, 0.4) is 0 Å². The number of carbonyl (C=O) groups excluding carboxylic acids is 1. The molecule has 0 aliphatic carbocycles. The normalized spacial score (nSPS) is 17.4. The maximum Gasteiger partial charge on any atom is 0.251 e. The standard InChI is InChI=1S/C26H33N5O4S2/c1-19-5-10-22(35-2)23-24(19)36-26(28-23)30-17-15-29(16-18-30)14-11-27-25(32)20-6-8-21(9-7-20)37(33,34)31-12-3-4-13-31/h5-10H,3-4,11-18H2,1-2H3,(H,27,32). The van der Waals surface area contributed by atoms with Gasteiger partial charge in [-0.25, -0.2) is 13.4 Å². The number of rotatable bonds is 8. The molecule has 5 rings (SSSR count). The van der Waals surface area contributed by atoms with Crippen LogP contribution in [0.4, 0.5) is 5.13 Å². The van der Waals surface area contributed by atoms with Gasteiger partial charge in [-0.05, 0) is 55.7 Å². The summed E-state index contributed by atoms with van der Waals surface area (Å²) in [6.45, 7) is 8.06.